The van der Waals surface area contributed by atoms with Crippen LogP contribution in [0.15, 0.2) is 47.3 Å². The number of hydrogen-bond acceptors (Lipinski definition) is 4. The van der Waals surface area contributed by atoms with Crippen molar-refractivity contribution in [2.75, 3.05) is 5.32 Å². The number of hydrogen-bond donors (Lipinski definition) is 4. The first kappa shape index (κ1) is 23.1. The smallest absolute Gasteiger partial charge is 0.387 e. The molecule has 0 aliphatic carbocycles. The Morgan fingerprint density at radius 1 is 1.24 bits per heavy atom. The summed E-state index contributed by atoms with van der Waals surface area (Å²) in [5.41, 5.74) is 2.58. The Labute approximate surface area is 187 Å². The summed E-state index contributed by atoms with van der Waals surface area (Å²) in [4.78, 5) is 26.4. The Morgan fingerprint density at radius 2 is 2.00 bits per heavy atom. The number of para-hydroxylation sites is 2. The van der Waals surface area contributed by atoms with Gasteiger partial charge in [0.2, 0.25) is 0 Å². The fourth-order valence-corrected chi connectivity index (χ4v) is 4.39. The van der Waals surface area contributed by atoms with Gasteiger partial charge >= 0.3 is 17.8 Å². The molecule has 4 rings (SSSR count). The number of amides is 1. The highest BCUT2D eigenvalue weighted by molar-refractivity contribution is 5.95. The lowest BCUT2D eigenvalue weighted by Crippen LogP contribution is -2.41. The summed E-state index contributed by atoms with van der Waals surface area (Å²) in [7, 11) is 0. The summed E-state index contributed by atoms with van der Waals surface area (Å²) >= 11 is 0. The van der Waals surface area contributed by atoms with Crippen LogP contribution in [0.4, 0.5) is 18.9 Å². The van der Waals surface area contributed by atoms with Crippen molar-refractivity contribution in [2.24, 2.45) is 0 Å². The van der Waals surface area contributed by atoms with Crippen molar-refractivity contribution in [2.45, 2.75) is 57.1 Å². The summed E-state index contributed by atoms with van der Waals surface area (Å²) in [5, 5.41) is 16.4. The van der Waals surface area contributed by atoms with Crippen LogP contribution in [0.2, 0.25) is 0 Å². The minimum Gasteiger partial charge on any atom is -0.387 e. The molecule has 1 amide bonds. The highest BCUT2D eigenvalue weighted by Crippen LogP contribution is 2.30. The molecule has 7 nitrogen and oxygen atoms in total. The summed E-state index contributed by atoms with van der Waals surface area (Å²) < 4.78 is 39.5. The lowest BCUT2D eigenvalue weighted by atomic mass is 9.98. The fraction of sp³-hybridized carbons (Fsp3) is 0.391. The molecule has 1 unspecified atom stereocenters. The molecule has 1 aromatic heterocycles. The van der Waals surface area contributed by atoms with Crippen molar-refractivity contribution in [1.82, 2.24) is 14.9 Å². The van der Waals surface area contributed by atoms with Gasteiger partial charge in [0.1, 0.15) is 0 Å². The minimum atomic E-state index is -4.96. The average Bonchev–Trinajstić information content (AvgIpc) is 3.02. The first-order chi connectivity index (χ1) is 15.6. The molecule has 0 saturated heterocycles. The van der Waals surface area contributed by atoms with E-state index in [0.29, 0.717) is 48.0 Å². The lowest BCUT2D eigenvalue weighted by Gasteiger charge is -2.27. The maximum absolute atomic E-state index is 12.6. The second kappa shape index (κ2) is 9.03. The maximum atomic E-state index is 12.6. The predicted octanol–water partition coefficient (Wildman–Crippen LogP) is 3.25. The highest BCUT2D eigenvalue weighted by atomic mass is 19.4. The number of anilines is 1. The summed E-state index contributed by atoms with van der Waals surface area (Å²) in [6.07, 6.45) is -4.25. The van der Waals surface area contributed by atoms with Crippen LogP contribution >= 0.6 is 0 Å². The molecule has 0 fully saturated rings. The second-order valence-electron chi connectivity index (χ2n) is 8.38. The standard InChI is InChI=1S/C23H25F3N4O3/c1-13(9-10-14-5-2-3-7-16(14)28-21(32)23(24,25)26)27-18-11-12-30-19-15(20(18)31)6-4-8-17(19)29-22(30)33/h2-8,13,18,20,27,31H,9-12H2,1H3,(H,28,32)(H,29,33)/t13?,18-,20-/m1/s1. The number of aromatic nitrogens is 2. The number of imidazole rings is 1. The number of benzene rings is 2. The summed E-state index contributed by atoms with van der Waals surface area (Å²) in [6.45, 7) is 2.38. The number of carbonyl (C=O) groups excluding carboxylic acids is 1. The average molecular weight is 462 g/mol. The van der Waals surface area contributed by atoms with Crippen LogP contribution in [-0.4, -0.2) is 38.8 Å². The number of aliphatic hydroxyl groups excluding tert-OH is 1. The molecule has 2 heterocycles. The zero-order chi connectivity index (χ0) is 23.8. The molecule has 0 bridgehead atoms. The van der Waals surface area contributed by atoms with Crippen LogP contribution in [0, 0.1) is 0 Å². The van der Waals surface area contributed by atoms with Gasteiger partial charge in [-0.25, -0.2) is 4.79 Å². The van der Waals surface area contributed by atoms with Crippen molar-refractivity contribution >= 4 is 22.6 Å². The van der Waals surface area contributed by atoms with Crippen LogP contribution < -0.4 is 16.3 Å². The van der Waals surface area contributed by atoms with Gasteiger partial charge < -0.3 is 20.7 Å². The highest BCUT2D eigenvalue weighted by Gasteiger charge is 2.39. The van der Waals surface area contributed by atoms with Crippen LogP contribution in [0.5, 0.6) is 0 Å². The Morgan fingerprint density at radius 3 is 2.76 bits per heavy atom. The lowest BCUT2D eigenvalue weighted by molar-refractivity contribution is -0.167. The van der Waals surface area contributed by atoms with Gasteiger partial charge in [-0.05, 0) is 43.9 Å². The number of alkyl halides is 3. The number of carbonyl (C=O) groups is 1. The quantitative estimate of drug-likeness (QED) is 0.452. The van der Waals surface area contributed by atoms with E-state index < -0.39 is 18.2 Å². The Balaban J connectivity index is 1.43. The molecule has 1 aliphatic heterocycles. The van der Waals surface area contributed by atoms with Gasteiger partial charge in [-0.3, -0.25) is 9.36 Å². The van der Waals surface area contributed by atoms with Gasteiger partial charge in [0.25, 0.3) is 0 Å². The molecule has 2 aromatic carbocycles. The summed E-state index contributed by atoms with van der Waals surface area (Å²) in [6, 6.07) is 11.4. The van der Waals surface area contributed by atoms with Gasteiger partial charge in [-0.15, -0.1) is 0 Å². The van der Waals surface area contributed by atoms with Gasteiger partial charge in [0.05, 0.1) is 17.1 Å². The number of aliphatic hydroxyl groups is 1. The van der Waals surface area contributed by atoms with Crippen LogP contribution in [0.1, 0.15) is 37.0 Å². The third-order valence-corrected chi connectivity index (χ3v) is 6.06. The van der Waals surface area contributed by atoms with Gasteiger partial charge in [0, 0.05) is 29.9 Å². The second-order valence-corrected chi connectivity index (χ2v) is 8.38. The number of rotatable bonds is 6. The molecule has 33 heavy (non-hydrogen) atoms. The van der Waals surface area contributed by atoms with E-state index in [1.807, 2.05) is 12.2 Å². The van der Waals surface area contributed by atoms with E-state index in [0.717, 1.165) is 0 Å². The number of nitrogens with one attached hydrogen (secondary N) is 3. The number of aryl methyl sites for hydroxylation is 2. The fourth-order valence-electron chi connectivity index (χ4n) is 4.39. The summed E-state index contributed by atoms with van der Waals surface area (Å²) in [5.74, 6) is -2.00. The molecule has 1 aliphatic rings. The monoisotopic (exact) mass is 462 g/mol. The molecule has 0 spiro atoms. The third-order valence-electron chi connectivity index (χ3n) is 6.06. The van der Waals surface area contributed by atoms with Crippen LogP contribution in [0.25, 0.3) is 11.0 Å². The van der Waals surface area contributed by atoms with Crippen LogP contribution in [0.3, 0.4) is 0 Å². The number of aromatic amines is 1. The van der Waals surface area contributed by atoms with E-state index in [4.69, 9.17) is 0 Å². The molecule has 10 heteroatoms. The number of H-pyrrole nitrogens is 1. The van der Waals surface area contributed by atoms with Crippen molar-refractivity contribution in [1.29, 1.82) is 0 Å². The molecule has 3 aromatic rings. The molecule has 0 saturated carbocycles. The maximum Gasteiger partial charge on any atom is 0.471 e. The minimum absolute atomic E-state index is 0.0778. The normalized spacial score (nSPS) is 19.3. The largest absolute Gasteiger partial charge is 0.471 e. The molecular formula is C23H25F3N4O3. The van der Waals surface area contributed by atoms with E-state index in [1.54, 1.807) is 41.0 Å². The molecule has 0 radical (unpaired) electrons. The Bertz CT molecular complexity index is 1220. The third kappa shape index (κ3) is 4.81. The van der Waals surface area contributed by atoms with Crippen molar-refractivity contribution in [3.8, 4) is 0 Å². The number of nitrogens with zero attached hydrogens (tertiary/aromatic N) is 1. The van der Waals surface area contributed by atoms with E-state index in [9.17, 15) is 27.9 Å². The van der Waals surface area contributed by atoms with E-state index in [2.05, 4.69) is 10.3 Å². The Kier molecular flexibility index (Phi) is 6.31. The van der Waals surface area contributed by atoms with E-state index >= 15 is 0 Å². The predicted molar refractivity (Wildman–Crippen MR) is 118 cm³/mol. The first-order valence-corrected chi connectivity index (χ1v) is 10.8. The SMILES string of the molecule is CC(CCc1ccccc1NC(=O)C(F)(F)F)N[C@@H]1CCn2c(=O)[nH]c3cccc(c32)[C@H]1O. The van der Waals surface area contributed by atoms with Crippen molar-refractivity contribution in [3.63, 3.8) is 0 Å². The zero-order valence-electron chi connectivity index (χ0n) is 17.9. The van der Waals surface area contributed by atoms with Crippen LogP contribution in [-0.2, 0) is 17.8 Å². The van der Waals surface area contributed by atoms with E-state index in [-0.39, 0.29) is 23.5 Å². The van der Waals surface area contributed by atoms with E-state index in [1.165, 1.54) is 6.07 Å². The van der Waals surface area contributed by atoms with Gasteiger partial charge in [0.15, 0.2) is 0 Å². The van der Waals surface area contributed by atoms with Gasteiger partial charge in [-0.2, -0.15) is 13.2 Å². The molecule has 3 atom stereocenters. The molecule has 4 N–H and O–H groups in total. The Hall–Kier alpha value is -3.11. The first-order valence-electron chi connectivity index (χ1n) is 10.8. The topological polar surface area (TPSA) is 99.2 Å². The van der Waals surface area contributed by atoms with Crippen molar-refractivity contribution < 1.29 is 23.1 Å². The van der Waals surface area contributed by atoms with Gasteiger partial charge in [-0.1, -0.05) is 30.3 Å². The number of halogens is 3. The zero-order valence-corrected chi connectivity index (χ0v) is 17.9. The molecule has 176 valence electrons. The molecular weight excluding hydrogens is 437 g/mol. The van der Waals surface area contributed by atoms with Crippen molar-refractivity contribution in [3.05, 3.63) is 64.1 Å².